The highest BCUT2D eigenvalue weighted by Gasteiger charge is 2.25. The minimum atomic E-state index is -0.431. The number of para-hydroxylation sites is 1. The lowest BCUT2D eigenvalue weighted by Crippen LogP contribution is -2.38. The molecule has 0 bridgehead atoms. The molecule has 2 N–H and O–H groups in total. The summed E-state index contributed by atoms with van der Waals surface area (Å²) >= 11 is 0. The van der Waals surface area contributed by atoms with E-state index in [4.69, 9.17) is 5.73 Å². The van der Waals surface area contributed by atoms with Gasteiger partial charge in [-0.15, -0.1) is 0 Å². The molecule has 1 saturated heterocycles. The Morgan fingerprint density at radius 2 is 1.88 bits per heavy atom. The average Bonchev–Trinajstić information content (AvgIpc) is 2.68. The van der Waals surface area contributed by atoms with Gasteiger partial charge in [0.15, 0.2) is 0 Å². The minimum absolute atomic E-state index is 0.00864. The maximum absolute atomic E-state index is 12.6. The van der Waals surface area contributed by atoms with E-state index in [0.717, 1.165) is 18.4 Å². The number of hydrogen-bond acceptors (Lipinski definition) is 4. The van der Waals surface area contributed by atoms with Crippen molar-refractivity contribution in [1.82, 2.24) is 4.90 Å². The van der Waals surface area contributed by atoms with Gasteiger partial charge in [0.2, 0.25) is 5.91 Å². The molecular weight excluding hydrogens is 330 g/mol. The van der Waals surface area contributed by atoms with E-state index in [0.29, 0.717) is 31.1 Å². The molecular formula is C20H23N3O3. The molecule has 0 atom stereocenters. The van der Waals surface area contributed by atoms with Gasteiger partial charge in [-0.1, -0.05) is 42.5 Å². The second kappa shape index (κ2) is 8.10. The summed E-state index contributed by atoms with van der Waals surface area (Å²) in [7, 11) is 0. The smallest absolute Gasteiger partial charge is 0.273 e. The van der Waals surface area contributed by atoms with Crippen LogP contribution in [0.2, 0.25) is 0 Å². The predicted octanol–water partition coefficient (Wildman–Crippen LogP) is 3.00. The summed E-state index contributed by atoms with van der Waals surface area (Å²) in [6.07, 6.45) is 1.87. The van der Waals surface area contributed by atoms with Gasteiger partial charge in [-0.3, -0.25) is 14.9 Å². The number of nitro groups is 1. The van der Waals surface area contributed by atoms with Crippen molar-refractivity contribution >= 4 is 11.6 Å². The zero-order valence-electron chi connectivity index (χ0n) is 14.6. The van der Waals surface area contributed by atoms with Crippen LogP contribution in [0, 0.1) is 10.1 Å². The molecule has 1 fully saturated rings. The molecule has 3 rings (SSSR count). The quantitative estimate of drug-likeness (QED) is 0.661. The van der Waals surface area contributed by atoms with Crippen molar-refractivity contribution in [3.05, 3.63) is 75.3 Å². The topological polar surface area (TPSA) is 89.5 Å². The van der Waals surface area contributed by atoms with E-state index in [2.05, 4.69) is 12.1 Å². The van der Waals surface area contributed by atoms with Crippen molar-refractivity contribution < 1.29 is 9.72 Å². The maximum atomic E-state index is 12.6. The van der Waals surface area contributed by atoms with Crippen LogP contribution in [-0.2, 0) is 17.8 Å². The van der Waals surface area contributed by atoms with Gasteiger partial charge in [-0.05, 0) is 29.9 Å². The molecule has 0 spiro atoms. The molecule has 1 heterocycles. The van der Waals surface area contributed by atoms with Crippen molar-refractivity contribution in [3.8, 4) is 0 Å². The van der Waals surface area contributed by atoms with Crippen LogP contribution in [0.3, 0.4) is 0 Å². The van der Waals surface area contributed by atoms with Crippen molar-refractivity contribution in [3.63, 3.8) is 0 Å². The molecule has 136 valence electrons. The van der Waals surface area contributed by atoms with Gasteiger partial charge in [0.25, 0.3) is 5.69 Å². The Bertz CT molecular complexity index is 798. The molecule has 6 heteroatoms. The lowest BCUT2D eigenvalue weighted by atomic mass is 9.88. The lowest BCUT2D eigenvalue weighted by Gasteiger charge is -2.32. The van der Waals surface area contributed by atoms with E-state index in [9.17, 15) is 14.9 Å². The highest BCUT2D eigenvalue weighted by molar-refractivity contribution is 5.80. The Morgan fingerprint density at radius 1 is 1.15 bits per heavy atom. The van der Waals surface area contributed by atoms with E-state index in [1.165, 1.54) is 11.6 Å². The third-order valence-corrected chi connectivity index (χ3v) is 5.04. The zero-order valence-corrected chi connectivity index (χ0v) is 14.6. The Morgan fingerprint density at radius 3 is 2.58 bits per heavy atom. The summed E-state index contributed by atoms with van der Waals surface area (Å²) in [6.45, 7) is 1.88. The first-order chi connectivity index (χ1) is 12.6. The molecule has 0 aliphatic carbocycles. The van der Waals surface area contributed by atoms with Crippen LogP contribution in [0.25, 0.3) is 0 Å². The van der Waals surface area contributed by atoms with Crippen LogP contribution in [0.4, 0.5) is 5.69 Å². The Hall–Kier alpha value is -2.73. The first-order valence-electron chi connectivity index (χ1n) is 8.87. The zero-order chi connectivity index (χ0) is 18.5. The second-order valence-electron chi connectivity index (χ2n) is 6.67. The molecule has 0 saturated carbocycles. The molecule has 26 heavy (non-hydrogen) atoms. The molecule has 2 aromatic carbocycles. The first-order valence-corrected chi connectivity index (χ1v) is 8.87. The fourth-order valence-electron chi connectivity index (χ4n) is 3.55. The molecule has 1 amide bonds. The number of hydrogen-bond donors (Lipinski definition) is 1. The van der Waals surface area contributed by atoms with Gasteiger partial charge < -0.3 is 10.6 Å². The predicted molar refractivity (Wildman–Crippen MR) is 99.7 cm³/mol. The van der Waals surface area contributed by atoms with Crippen LogP contribution in [-0.4, -0.2) is 28.8 Å². The third kappa shape index (κ3) is 4.08. The van der Waals surface area contributed by atoms with Gasteiger partial charge in [0.05, 0.1) is 11.3 Å². The SMILES string of the molecule is NCc1cccc(C2CCN(C(=O)Cc3ccccc3[N+](=O)[O-])CC2)c1. The number of nitro benzene ring substituents is 1. The van der Waals surface area contributed by atoms with Gasteiger partial charge in [0, 0.05) is 31.3 Å². The van der Waals surface area contributed by atoms with E-state index in [-0.39, 0.29) is 18.0 Å². The molecule has 0 unspecified atom stereocenters. The lowest BCUT2D eigenvalue weighted by molar-refractivity contribution is -0.385. The monoisotopic (exact) mass is 353 g/mol. The van der Waals surface area contributed by atoms with E-state index >= 15 is 0 Å². The fourth-order valence-corrected chi connectivity index (χ4v) is 3.55. The number of rotatable bonds is 5. The van der Waals surface area contributed by atoms with Gasteiger partial charge in [-0.25, -0.2) is 0 Å². The molecule has 0 radical (unpaired) electrons. The fraction of sp³-hybridized carbons (Fsp3) is 0.350. The number of nitrogens with two attached hydrogens (primary N) is 1. The van der Waals surface area contributed by atoms with Crippen LogP contribution >= 0.6 is 0 Å². The average molecular weight is 353 g/mol. The first kappa shape index (κ1) is 18.1. The Labute approximate surface area is 152 Å². The summed E-state index contributed by atoms with van der Waals surface area (Å²) in [5, 5.41) is 11.1. The number of amides is 1. The highest BCUT2D eigenvalue weighted by Crippen LogP contribution is 2.29. The largest absolute Gasteiger partial charge is 0.342 e. The van der Waals surface area contributed by atoms with E-state index < -0.39 is 4.92 Å². The summed E-state index contributed by atoms with van der Waals surface area (Å²) in [5.41, 5.74) is 8.60. The Kier molecular flexibility index (Phi) is 5.63. The van der Waals surface area contributed by atoms with E-state index in [1.54, 1.807) is 18.2 Å². The van der Waals surface area contributed by atoms with Gasteiger partial charge in [-0.2, -0.15) is 0 Å². The van der Waals surface area contributed by atoms with Gasteiger partial charge >= 0.3 is 0 Å². The van der Waals surface area contributed by atoms with Crippen LogP contribution in [0.1, 0.15) is 35.4 Å². The summed E-state index contributed by atoms with van der Waals surface area (Å²) in [5.74, 6) is 0.380. The molecule has 1 aliphatic rings. The molecule has 6 nitrogen and oxygen atoms in total. The van der Waals surface area contributed by atoms with Crippen molar-refractivity contribution in [2.24, 2.45) is 5.73 Å². The molecule has 2 aromatic rings. The Balaban J connectivity index is 1.61. The standard InChI is InChI=1S/C20H23N3O3/c21-14-15-4-3-6-17(12-15)16-8-10-22(11-9-16)20(24)13-18-5-1-2-7-19(18)23(25)26/h1-7,12,16H,8-11,13-14,21H2. The summed E-state index contributed by atoms with van der Waals surface area (Å²) < 4.78 is 0. The molecule has 1 aliphatic heterocycles. The highest BCUT2D eigenvalue weighted by atomic mass is 16.6. The second-order valence-corrected chi connectivity index (χ2v) is 6.67. The van der Waals surface area contributed by atoms with Crippen LogP contribution in [0.15, 0.2) is 48.5 Å². The van der Waals surface area contributed by atoms with Crippen molar-refractivity contribution in [2.45, 2.75) is 31.7 Å². The normalized spacial score (nSPS) is 15.0. The summed E-state index contributed by atoms with van der Waals surface area (Å²) in [4.78, 5) is 25.1. The number of piperidine rings is 1. The number of likely N-dealkylation sites (tertiary alicyclic amines) is 1. The number of benzene rings is 2. The van der Waals surface area contributed by atoms with Gasteiger partial charge in [0.1, 0.15) is 0 Å². The number of carbonyl (C=O) groups is 1. The molecule has 0 aromatic heterocycles. The van der Waals surface area contributed by atoms with E-state index in [1.807, 2.05) is 17.0 Å². The van der Waals surface area contributed by atoms with Crippen LogP contribution in [0.5, 0.6) is 0 Å². The summed E-state index contributed by atoms with van der Waals surface area (Å²) in [6, 6.07) is 14.8. The number of nitrogens with zero attached hydrogens (tertiary/aromatic N) is 2. The third-order valence-electron chi connectivity index (χ3n) is 5.04. The number of carbonyl (C=O) groups excluding carboxylic acids is 1. The van der Waals surface area contributed by atoms with Crippen LogP contribution < -0.4 is 5.73 Å². The maximum Gasteiger partial charge on any atom is 0.273 e. The van der Waals surface area contributed by atoms with Crippen molar-refractivity contribution in [2.75, 3.05) is 13.1 Å². The minimum Gasteiger partial charge on any atom is -0.342 e. The van der Waals surface area contributed by atoms with Crippen molar-refractivity contribution in [1.29, 1.82) is 0 Å².